The number of carbonyl (C=O) groups is 1. The average molecular weight is 272 g/mol. The van der Waals surface area contributed by atoms with Gasteiger partial charge in [-0.2, -0.15) is 0 Å². The molecule has 0 bridgehead atoms. The van der Waals surface area contributed by atoms with Crippen LogP contribution in [0.1, 0.15) is 41.6 Å². The quantitative estimate of drug-likeness (QED) is 0.821. The fourth-order valence-electron chi connectivity index (χ4n) is 2.14. The van der Waals surface area contributed by atoms with Crippen molar-refractivity contribution < 1.29 is 9.90 Å². The highest BCUT2D eigenvalue weighted by molar-refractivity contribution is 5.93. The molecule has 2 rings (SSSR count). The predicted molar refractivity (Wildman–Crippen MR) is 77.9 cm³/mol. The molecule has 1 aromatic carbocycles. The molecule has 106 valence electrons. The maximum Gasteiger partial charge on any atom is 0.265 e. The fourth-order valence-corrected chi connectivity index (χ4v) is 2.14. The van der Waals surface area contributed by atoms with Crippen molar-refractivity contribution in [3.05, 3.63) is 35.4 Å². The lowest BCUT2D eigenvalue weighted by Gasteiger charge is -2.26. The van der Waals surface area contributed by atoms with Crippen molar-refractivity contribution in [3.63, 3.8) is 0 Å². The second kappa shape index (κ2) is 7.68. The molecular formula is C16H20N2O2. The Hall–Kier alpha value is -1.83. The molecular weight excluding hydrogens is 252 g/mol. The summed E-state index contributed by atoms with van der Waals surface area (Å²) in [4.78, 5) is 12.1. The number of hydrazine groups is 1. The van der Waals surface area contributed by atoms with Crippen LogP contribution in [-0.2, 0) is 0 Å². The minimum Gasteiger partial charge on any atom is -0.395 e. The summed E-state index contributed by atoms with van der Waals surface area (Å²) in [6, 6.07) is 7.22. The molecule has 0 unspecified atom stereocenters. The molecule has 0 radical (unpaired) electrons. The van der Waals surface area contributed by atoms with Crippen LogP contribution in [0, 0.1) is 11.8 Å². The molecule has 1 heterocycles. The number of aliphatic hydroxyl groups is 1. The van der Waals surface area contributed by atoms with Crippen LogP contribution in [-0.4, -0.2) is 35.7 Å². The first-order valence-corrected chi connectivity index (χ1v) is 7.05. The van der Waals surface area contributed by atoms with Crippen LogP contribution in [0.5, 0.6) is 0 Å². The number of nitrogens with one attached hydrogen (secondary N) is 1. The molecule has 1 aliphatic heterocycles. The second-order valence-corrected chi connectivity index (χ2v) is 4.84. The standard InChI is InChI=1S/C16H20N2O2/c19-13-5-2-6-14-7-9-15(10-8-14)16(20)17-18-11-3-1-4-12-18/h7-10,19H,1,3-5,11-13H2,(H,17,20). The molecule has 20 heavy (non-hydrogen) atoms. The zero-order valence-corrected chi connectivity index (χ0v) is 11.6. The number of amides is 1. The highest BCUT2D eigenvalue weighted by Gasteiger charge is 2.13. The van der Waals surface area contributed by atoms with Crippen LogP contribution >= 0.6 is 0 Å². The van der Waals surface area contributed by atoms with E-state index in [-0.39, 0.29) is 12.5 Å². The third-order valence-electron chi connectivity index (χ3n) is 3.23. The number of carbonyl (C=O) groups excluding carboxylic acids is 1. The van der Waals surface area contributed by atoms with Gasteiger partial charge in [-0.25, -0.2) is 5.01 Å². The highest BCUT2D eigenvalue weighted by atomic mass is 16.2. The molecule has 0 aliphatic carbocycles. The van der Waals surface area contributed by atoms with Crippen LogP contribution in [0.4, 0.5) is 0 Å². The Kier molecular flexibility index (Phi) is 5.60. The Morgan fingerprint density at radius 3 is 2.55 bits per heavy atom. The van der Waals surface area contributed by atoms with Gasteiger partial charge in [0.25, 0.3) is 5.91 Å². The van der Waals surface area contributed by atoms with E-state index in [0.717, 1.165) is 31.5 Å². The minimum absolute atomic E-state index is 0.0678. The number of rotatable bonds is 3. The first kappa shape index (κ1) is 14.6. The Morgan fingerprint density at radius 1 is 1.20 bits per heavy atom. The Bertz CT molecular complexity index is 493. The number of benzene rings is 1. The summed E-state index contributed by atoms with van der Waals surface area (Å²) in [7, 11) is 0. The third-order valence-corrected chi connectivity index (χ3v) is 3.23. The van der Waals surface area contributed by atoms with Gasteiger partial charge in [0, 0.05) is 30.6 Å². The molecule has 0 spiro atoms. The molecule has 0 aromatic heterocycles. The molecule has 4 heteroatoms. The summed E-state index contributed by atoms with van der Waals surface area (Å²) in [5.41, 5.74) is 4.43. The van der Waals surface area contributed by atoms with Crippen molar-refractivity contribution in [2.75, 3.05) is 19.7 Å². The second-order valence-electron chi connectivity index (χ2n) is 4.84. The molecule has 1 fully saturated rings. The summed E-state index contributed by atoms with van der Waals surface area (Å²) in [5, 5.41) is 10.6. The maximum absolute atomic E-state index is 12.1. The summed E-state index contributed by atoms with van der Waals surface area (Å²) >= 11 is 0. The third kappa shape index (κ3) is 4.37. The topological polar surface area (TPSA) is 52.6 Å². The van der Waals surface area contributed by atoms with Gasteiger partial charge in [-0.15, -0.1) is 0 Å². The zero-order chi connectivity index (χ0) is 14.2. The van der Waals surface area contributed by atoms with Gasteiger partial charge < -0.3 is 5.11 Å². The lowest BCUT2D eigenvalue weighted by molar-refractivity contribution is 0.0750. The van der Waals surface area contributed by atoms with E-state index in [9.17, 15) is 4.79 Å². The van der Waals surface area contributed by atoms with E-state index in [2.05, 4.69) is 17.3 Å². The molecule has 1 aromatic rings. The summed E-state index contributed by atoms with van der Waals surface area (Å²) in [6.45, 7) is 1.93. The van der Waals surface area contributed by atoms with E-state index < -0.39 is 0 Å². The van der Waals surface area contributed by atoms with Gasteiger partial charge in [-0.05, 0) is 37.1 Å². The molecule has 0 saturated carbocycles. The van der Waals surface area contributed by atoms with Gasteiger partial charge >= 0.3 is 0 Å². The van der Waals surface area contributed by atoms with Crippen LogP contribution in [0.15, 0.2) is 24.3 Å². The van der Waals surface area contributed by atoms with Crippen LogP contribution in [0.2, 0.25) is 0 Å². The number of hydrogen-bond donors (Lipinski definition) is 2. The minimum atomic E-state index is -0.0678. The van der Waals surface area contributed by atoms with Crippen molar-refractivity contribution in [1.82, 2.24) is 10.4 Å². The van der Waals surface area contributed by atoms with E-state index in [4.69, 9.17) is 5.11 Å². The van der Waals surface area contributed by atoms with Crippen molar-refractivity contribution in [3.8, 4) is 11.8 Å². The molecule has 4 nitrogen and oxygen atoms in total. The largest absolute Gasteiger partial charge is 0.395 e. The normalized spacial score (nSPS) is 15.2. The van der Waals surface area contributed by atoms with Crippen LogP contribution in [0.25, 0.3) is 0 Å². The average Bonchev–Trinajstić information content (AvgIpc) is 2.49. The van der Waals surface area contributed by atoms with Gasteiger partial charge in [0.2, 0.25) is 0 Å². The van der Waals surface area contributed by atoms with Crippen molar-refractivity contribution in [2.24, 2.45) is 0 Å². The SMILES string of the molecule is O=C(NN1CCCCC1)c1ccc(C#CCCO)cc1. The molecule has 2 N–H and O–H groups in total. The first-order valence-electron chi connectivity index (χ1n) is 7.05. The van der Waals surface area contributed by atoms with E-state index in [1.165, 1.54) is 6.42 Å². The Labute approximate surface area is 119 Å². The van der Waals surface area contributed by atoms with Crippen molar-refractivity contribution in [2.45, 2.75) is 25.7 Å². The molecule has 0 atom stereocenters. The lowest BCUT2D eigenvalue weighted by Crippen LogP contribution is -2.45. The zero-order valence-electron chi connectivity index (χ0n) is 11.6. The molecule has 1 saturated heterocycles. The monoisotopic (exact) mass is 272 g/mol. The van der Waals surface area contributed by atoms with Gasteiger partial charge in [0.1, 0.15) is 0 Å². The fraction of sp³-hybridized carbons (Fsp3) is 0.438. The number of nitrogens with zero attached hydrogens (tertiary/aromatic N) is 1. The Balaban J connectivity index is 1.92. The van der Waals surface area contributed by atoms with Crippen molar-refractivity contribution >= 4 is 5.91 Å². The molecule has 1 amide bonds. The summed E-state index contributed by atoms with van der Waals surface area (Å²) in [6.07, 6.45) is 3.99. The smallest absolute Gasteiger partial charge is 0.265 e. The number of piperidine rings is 1. The van der Waals surface area contributed by atoms with Crippen LogP contribution in [0.3, 0.4) is 0 Å². The lowest BCUT2D eigenvalue weighted by atomic mass is 10.1. The van der Waals surface area contributed by atoms with Gasteiger partial charge in [-0.3, -0.25) is 10.2 Å². The van der Waals surface area contributed by atoms with Crippen molar-refractivity contribution in [1.29, 1.82) is 0 Å². The van der Waals surface area contributed by atoms with E-state index >= 15 is 0 Å². The Morgan fingerprint density at radius 2 is 1.90 bits per heavy atom. The van der Waals surface area contributed by atoms with Crippen LogP contribution < -0.4 is 5.43 Å². The van der Waals surface area contributed by atoms with Gasteiger partial charge in [-0.1, -0.05) is 18.3 Å². The summed E-state index contributed by atoms with van der Waals surface area (Å²) in [5.74, 6) is 5.73. The van der Waals surface area contributed by atoms with E-state index in [0.29, 0.717) is 12.0 Å². The van der Waals surface area contributed by atoms with Gasteiger partial charge in [0.05, 0.1) is 6.61 Å². The predicted octanol–water partition coefficient (Wildman–Crippen LogP) is 1.55. The maximum atomic E-state index is 12.1. The van der Waals surface area contributed by atoms with E-state index in [1.807, 2.05) is 17.1 Å². The highest BCUT2D eigenvalue weighted by Crippen LogP contribution is 2.08. The number of aliphatic hydroxyl groups excluding tert-OH is 1. The summed E-state index contributed by atoms with van der Waals surface area (Å²) < 4.78 is 0. The molecule has 1 aliphatic rings. The van der Waals surface area contributed by atoms with E-state index in [1.54, 1.807) is 12.1 Å². The first-order chi connectivity index (χ1) is 9.79. The van der Waals surface area contributed by atoms with Gasteiger partial charge in [0.15, 0.2) is 0 Å². The number of hydrogen-bond acceptors (Lipinski definition) is 3.